The van der Waals surface area contributed by atoms with E-state index in [9.17, 15) is 29.4 Å². The van der Waals surface area contributed by atoms with Crippen molar-refractivity contribution in [1.82, 2.24) is 9.13 Å². The quantitative estimate of drug-likeness (QED) is 0.0593. The van der Waals surface area contributed by atoms with Gasteiger partial charge in [0.1, 0.15) is 0 Å². The summed E-state index contributed by atoms with van der Waals surface area (Å²) in [5, 5.41) is 26.9. The van der Waals surface area contributed by atoms with Crippen LogP contribution in [-0.4, -0.2) is 70.6 Å². The molecule has 0 fully saturated rings. The van der Waals surface area contributed by atoms with E-state index in [0.29, 0.717) is 24.0 Å². The summed E-state index contributed by atoms with van der Waals surface area (Å²) in [7, 11) is 0. The van der Waals surface area contributed by atoms with Gasteiger partial charge in [-0.3, -0.25) is 9.59 Å². The summed E-state index contributed by atoms with van der Waals surface area (Å²) in [5.74, 6) is -2.25. The molecule has 6 rings (SSSR count). The van der Waals surface area contributed by atoms with Crippen LogP contribution in [0.5, 0.6) is 0 Å². The number of carbonyl (C=O) groups is 4. The molecule has 0 aliphatic heterocycles. The molecule has 0 spiro atoms. The normalized spacial score (nSPS) is 10.4. The Bertz CT molecular complexity index is 2030. The van der Waals surface area contributed by atoms with Crippen LogP contribution >= 0.6 is 0 Å². The Kier molecular flexibility index (Phi) is 19.7. The van der Waals surface area contributed by atoms with Crippen LogP contribution in [0.2, 0.25) is 0 Å². The third kappa shape index (κ3) is 15.7. The number of rotatable bonds is 20. The monoisotopic (exact) mass is 818 g/mol. The molecule has 0 aliphatic rings. The zero-order chi connectivity index (χ0) is 41.0. The topological polar surface area (TPSA) is 148 Å². The van der Waals surface area contributed by atoms with E-state index < -0.39 is 11.9 Å². The first-order valence-electron chi connectivity index (χ1n) is 19.9. The molecule has 2 N–H and O–H groups in total. The van der Waals surface area contributed by atoms with Gasteiger partial charge in [-0.1, -0.05) is 123 Å². The second-order valence-corrected chi connectivity index (χ2v) is 14.1. The summed E-state index contributed by atoms with van der Waals surface area (Å²) in [4.78, 5) is 46.8. The van der Waals surface area contributed by atoms with E-state index >= 15 is 0 Å². The van der Waals surface area contributed by atoms with Gasteiger partial charge >= 0.3 is 37.7 Å². The van der Waals surface area contributed by atoms with Gasteiger partial charge in [-0.2, -0.15) is 0 Å². The molecule has 6 aromatic rings. The molecule has 0 atom stereocenters. The van der Waals surface area contributed by atoms with Gasteiger partial charge in [0.15, 0.2) is 0 Å². The van der Waals surface area contributed by atoms with Gasteiger partial charge < -0.3 is 39.6 Å². The fourth-order valence-electron chi connectivity index (χ4n) is 6.61. The van der Waals surface area contributed by atoms with Crippen LogP contribution in [0.25, 0.3) is 22.3 Å². The first-order valence-corrected chi connectivity index (χ1v) is 19.9. The van der Waals surface area contributed by atoms with E-state index in [1.165, 1.54) is 0 Å². The van der Waals surface area contributed by atoms with Crippen LogP contribution in [0.3, 0.4) is 0 Å². The molecular formula is C48H50CaN4O6. The van der Waals surface area contributed by atoms with E-state index in [4.69, 9.17) is 0 Å². The van der Waals surface area contributed by atoms with Crippen LogP contribution in [0.15, 0.2) is 146 Å². The molecule has 2 amide bonds. The summed E-state index contributed by atoms with van der Waals surface area (Å²) in [6, 6.07) is 38.6. The van der Waals surface area contributed by atoms with Gasteiger partial charge in [0.2, 0.25) is 0 Å². The molecule has 0 bridgehead atoms. The number of hydrogen-bond acceptors (Lipinski definition) is 6. The number of carboxylic acids is 2. The maximum absolute atomic E-state index is 12.9. The van der Waals surface area contributed by atoms with Crippen molar-refractivity contribution >= 4 is 72.9 Å². The first kappa shape index (κ1) is 46.3. The first-order chi connectivity index (χ1) is 28.3. The summed E-state index contributed by atoms with van der Waals surface area (Å²) < 4.78 is 4.09. The largest absolute Gasteiger partial charge is 2.00 e. The third-order valence-electron chi connectivity index (χ3n) is 9.58. The Balaban J connectivity index is 0.000000256. The standard InChI is InChI=1S/2C24H26N2O3.Ca/c2*27-23(28)15-9-1-2-10-16-26-17-21(19-11-5-3-6-12-19)22(18-26)24(29)25-20-13-7-4-8-14-20;/h2*3-8,11-14,17-18H,1-2,9-10,15-16H2,(H,25,29)(H,27,28);/q;;+2/p-2. The van der Waals surface area contributed by atoms with E-state index in [-0.39, 0.29) is 62.4 Å². The van der Waals surface area contributed by atoms with Crippen molar-refractivity contribution in [1.29, 1.82) is 0 Å². The molecule has 4 aromatic carbocycles. The molecule has 0 radical (unpaired) electrons. The molecule has 0 aliphatic carbocycles. The molecule has 11 heteroatoms. The molecule has 59 heavy (non-hydrogen) atoms. The number of nitrogens with zero attached hydrogens (tertiary/aromatic N) is 2. The summed E-state index contributed by atoms with van der Waals surface area (Å²) in [5.41, 5.74) is 6.59. The van der Waals surface area contributed by atoms with Gasteiger partial charge in [-0.15, -0.1) is 0 Å². The van der Waals surface area contributed by atoms with Crippen LogP contribution in [0, 0.1) is 0 Å². The molecule has 2 heterocycles. The molecule has 10 nitrogen and oxygen atoms in total. The molecule has 0 saturated carbocycles. The number of amides is 2. The second-order valence-electron chi connectivity index (χ2n) is 14.1. The minimum Gasteiger partial charge on any atom is -0.550 e. The number of aromatic nitrogens is 2. The van der Waals surface area contributed by atoms with Crippen molar-refractivity contribution < 1.29 is 29.4 Å². The van der Waals surface area contributed by atoms with Gasteiger partial charge in [0, 0.05) is 72.3 Å². The maximum atomic E-state index is 12.9. The Labute approximate surface area is 376 Å². The van der Waals surface area contributed by atoms with Gasteiger partial charge in [-0.05, 0) is 73.9 Å². The van der Waals surface area contributed by atoms with Crippen LogP contribution < -0.4 is 20.8 Å². The zero-order valence-electron chi connectivity index (χ0n) is 33.4. The summed E-state index contributed by atoms with van der Waals surface area (Å²) in [6.45, 7) is 1.56. The number of anilines is 2. The molecule has 0 saturated heterocycles. The maximum Gasteiger partial charge on any atom is 2.00 e. The number of nitrogens with one attached hydrogen (secondary N) is 2. The average Bonchev–Trinajstić information content (AvgIpc) is 3.87. The third-order valence-corrected chi connectivity index (χ3v) is 9.58. The number of carboxylic acid groups (broad SMARTS) is 2. The minimum absolute atomic E-state index is 0. The van der Waals surface area contributed by atoms with Crippen molar-refractivity contribution in [3.05, 3.63) is 157 Å². The smallest absolute Gasteiger partial charge is 0.550 e. The van der Waals surface area contributed by atoms with Gasteiger partial charge in [-0.25, -0.2) is 0 Å². The summed E-state index contributed by atoms with van der Waals surface area (Å²) in [6.07, 6.45) is 14.8. The Morgan fingerprint density at radius 3 is 1.08 bits per heavy atom. The second kappa shape index (κ2) is 25.1. The SMILES string of the molecule is O=C([O-])CCCCCCn1cc(C(=O)Nc2ccccc2)c(-c2ccccc2)c1.O=C([O-])CCCCCCn1cc(C(=O)Nc2ccccc2)c(-c2ccccc2)c1.[Ca+2]. The van der Waals surface area contributed by atoms with E-state index in [1.54, 1.807) is 0 Å². The van der Waals surface area contributed by atoms with Crippen LogP contribution in [-0.2, 0) is 22.7 Å². The number of aliphatic carboxylic acids is 2. The number of hydrogen-bond donors (Lipinski definition) is 2. The van der Waals surface area contributed by atoms with Gasteiger partial charge in [0.05, 0.1) is 11.1 Å². The van der Waals surface area contributed by atoms with E-state index in [2.05, 4.69) is 10.6 Å². The number of benzene rings is 4. The van der Waals surface area contributed by atoms with Crippen molar-refractivity contribution in [3.8, 4) is 22.3 Å². The number of aryl methyl sites for hydroxylation is 2. The number of carbonyl (C=O) groups excluding carboxylic acids is 4. The van der Waals surface area contributed by atoms with Crippen molar-refractivity contribution in [3.63, 3.8) is 0 Å². The minimum atomic E-state index is -0.989. The number of unbranched alkanes of at least 4 members (excludes halogenated alkanes) is 6. The van der Waals surface area contributed by atoms with Crippen molar-refractivity contribution in [2.75, 3.05) is 10.6 Å². The molecule has 0 unspecified atom stereocenters. The molecular weight excluding hydrogens is 769 g/mol. The summed E-state index contributed by atoms with van der Waals surface area (Å²) >= 11 is 0. The van der Waals surface area contributed by atoms with E-state index in [1.807, 2.05) is 155 Å². The average molecular weight is 819 g/mol. The van der Waals surface area contributed by atoms with Crippen molar-refractivity contribution in [2.45, 2.75) is 77.3 Å². The Morgan fingerprint density at radius 1 is 0.424 bits per heavy atom. The predicted molar refractivity (Wildman–Crippen MR) is 230 cm³/mol. The van der Waals surface area contributed by atoms with E-state index in [0.717, 1.165) is 85.2 Å². The number of para-hydroxylation sites is 2. The van der Waals surface area contributed by atoms with Crippen LogP contribution in [0.4, 0.5) is 11.4 Å². The fourth-order valence-corrected chi connectivity index (χ4v) is 6.61. The van der Waals surface area contributed by atoms with Crippen LogP contribution in [0.1, 0.15) is 84.9 Å². The fraction of sp³-hybridized carbons (Fsp3) is 0.250. The van der Waals surface area contributed by atoms with Crippen molar-refractivity contribution in [2.24, 2.45) is 0 Å². The predicted octanol–water partition coefficient (Wildman–Crippen LogP) is 7.83. The van der Waals surface area contributed by atoms with Gasteiger partial charge in [0.25, 0.3) is 11.8 Å². The molecule has 2 aromatic heterocycles. The Morgan fingerprint density at radius 2 is 0.746 bits per heavy atom. The Hall–Kier alpha value is -5.42. The zero-order valence-corrected chi connectivity index (χ0v) is 35.6. The molecule has 300 valence electrons.